The molecule has 0 aliphatic heterocycles. The maximum absolute atomic E-state index is 8.88. The smallest absolute Gasteiger partial charge is 0.234 e. The SMILES string of the molecule is CCCNCCC.CN=C=O. The highest BCUT2D eigenvalue weighted by molar-refractivity contribution is 5.32. The first-order valence-electron chi connectivity index (χ1n) is 4.00. The topological polar surface area (TPSA) is 41.5 Å². The fourth-order valence-electron chi connectivity index (χ4n) is 0.479. The largest absolute Gasteiger partial charge is 0.317 e. The van der Waals surface area contributed by atoms with Crippen LogP contribution >= 0.6 is 0 Å². The van der Waals surface area contributed by atoms with Gasteiger partial charge in [0.05, 0.1) is 0 Å². The first-order valence-corrected chi connectivity index (χ1v) is 4.00. The van der Waals surface area contributed by atoms with Crippen LogP contribution in [0.25, 0.3) is 0 Å². The average Bonchev–Trinajstić information content (AvgIpc) is 2.06. The second-order valence-corrected chi connectivity index (χ2v) is 2.06. The zero-order valence-electron chi connectivity index (χ0n) is 7.68. The van der Waals surface area contributed by atoms with Gasteiger partial charge in [-0.05, 0) is 25.9 Å². The van der Waals surface area contributed by atoms with Gasteiger partial charge in [-0.25, -0.2) is 9.79 Å². The molecular weight excluding hydrogens is 140 g/mol. The molecule has 3 heteroatoms. The fourth-order valence-corrected chi connectivity index (χ4v) is 0.479. The molecule has 0 amide bonds. The lowest BCUT2D eigenvalue weighted by atomic mass is 10.4. The summed E-state index contributed by atoms with van der Waals surface area (Å²) in [7, 11) is 1.38. The van der Waals surface area contributed by atoms with Gasteiger partial charge in [-0.15, -0.1) is 0 Å². The van der Waals surface area contributed by atoms with Crippen molar-refractivity contribution in [3.63, 3.8) is 0 Å². The molecule has 0 saturated heterocycles. The van der Waals surface area contributed by atoms with Crippen molar-refractivity contribution in [2.24, 2.45) is 4.99 Å². The number of aliphatic imine (C=N–C) groups is 1. The van der Waals surface area contributed by atoms with E-state index in [1.54, 1.807) is 0 Å². The lowest BCUT2D eigenvalue weighted by Gasteiger charge is -1.95. The minimum Gasteiger partial charge on any atom is -0.317 e. The molecule has 0 aromatic carbocycles. The zero-order chi connectivity index (χ0) is 8.95. The maximum Gasteiger partial charge on any atom is 0.234 e. The van der Waals surface area contributed by atoms with E-state index in [0.717, 1.165) is 0 Å². The molecule has 0 aliphatic rings. The minimum absolute atomic E-state index is 1.17. The van der Waals surface area contributed by atoms with Gasteiger partial charge >= 0.3 is 0 Å². The molecule has 0 saturated carbocycles. The second-order valence-electron chi connectivity index (χ2n) is 2.06. The van der Waals surface area contributed by atoms with Gasteiger partial charge in [-0.1, -0.05) is 13.8 Å². The van der Waals surface area contributed by atoms with E-state index in [2.05, 4.69) is 24.2 Å². The number of rotatable bonds is 4. The molecule has 0 fully saturated rings. The normalized spacial score (nSPS) is 7.55. The van der Waals surface area contributed by atoms with Crippen molar-refractivity contribution in [1.29, 1.82) is 0 Å². The molecule has 3 nitrogen and oxygen atoms in total. The lowest BCUT2D eigenvalue weighted by Crippen LogP contribution is -2.14. The van der Waals surface area contributed by atoms with Crippen molar-refractivity contribution in [2.45, 2.75) is 26.7 Å². The Hall–Kier alpha value is -0.660. The van der Waals surface area contributed by atoms with Gasteiger partial charge < -0.3 is 5.32 Å². The average molecular weight is 158 g/mol. The zero-order valence-corrected chi connectivity index (χ0v) is 7.68. The highest BCUT2D eigenvalue weighted by atomic mass is 16.1. The number of carbonyl (C=O) groups excluding carboxylic acids is 1. The summed E-state index contributed by atoms with van der Waals surface area (Å²) in [6, 6.07) is 0. The minimum atomic E-state index is 1.17. The molecule has 0 spiro atoms. The monoisotopic (exact) mass is 158 g/mol. The van der Waals surface area contributed by atoms with Crippen molar-refractivity contribution in [2.75, 3.05) is 20.1 Å². The molecule has 66 valence electrons. The Morgan fingerprint density at radius 2 is 1.64 bits per heavy atom. The standard InChI is InChI=1S/C6H15N.C2H3NO/c1-3-5-7-6-4-2;1-3-2-4/h7H,3-6H2,1-2H3;1H3. The van der Waals surface area contributed by atoms with Crippen LogP contribution in [0.4, 0.5) is 0 Å². The Labute approximate surface area is 68.9 Å². The summed E-state index contributed by atoms with van der Waals surface area (Å²) in [5, 5.41) is 3.28. The summed E-state index contributed by atoms with van der Waals surface area (Å²) in [5.41, 5.74) is 0. The van der Waals surface area contributed by atoms with Crippen LogP contribution in [0.15, 0.2) is 4.99 Å². The summed E-state index contributed by atoms with van der Waals surface area (Å²) < 4.78 is 0. The van der Waals surface area contributed by atoms with Crippen LogP contribution in [0.3, 0.4) is 0 Å². The van der Waals surface area contributed by atoms with Crippen LogP contribution in [0, 0.1) is 0 Å². The van der Waals surface area contributed by atoms with Crippen LogP contribution in [-0.4, -0.2) is 26.2 Å². The van der Waals surface area contributed by atoms with Crippen molar-refractivity contribution in [3.8, 4) is 0 Å². The molecule has 0 atom stereocenters. The number of isocyanates is 1. The summed E-state index contributed by atoms with van der Waals surface area (Å²) in [6.45, 7) is 6.72. The van der Waals surface area contributed by atoms with E-state index in [9.17, 15) is 0 Å². The third kappa shape index (κ3) is 26.7. The van der Waals surface area contributed by atoms with Crippen molar-refractivity contribution >= 4 is 6.08 Å². The molecule has 0 heterocycles. The van der Waals surface area contributed by atoms with E-state index >= 15 is 0 Å². The van der Waals surface area contributed by atoms with Crippen LogP contribution in [0.5, 0.6) is 0 Å². The van der Waals surface area contributed by atoms with E-state index in [4.69, 9.17) is 4.79 Å². The Bertz CT molecular complexity index is 94.3. The molecule has 0 unspecified atom stereocenters. The molecule has 1 N–H and O–H groups in total. The summed E-state index contributed by atoms with van der Waals surface area (Å²) in [6.07, 6.45) is 3.81. The number of nitrogens with one attached hydrogen (secondary N) is 1. The van der Waals surface area contributed by atoms with Crippen LogP contribution in [0.1, 0.15) is 26.7 Å². The van der Waals surface area contributed by atoms with Crippen molar-refractivity contribution in [1.82, 2.24) is 5.32 Å². The van der Waals surface area contributed by atoms with E-state index in [1.165, 1.54) is 39.1 Å². The van der Waals surface area contributed by atoms with E-state index < -0.39 is 0 Å². The first-order chi connectivity index (χ1) is 5.33. The predicted octanol–water partition coefficient (Wildman–Crippen LogP) is 1.35. The molecule has 11 heavy (non-hydrogen) atoms. The number of hydrogen-bond acceptors (Lipinski definition) is 3. The third-order valence-electron chi connectivity index (χ3n) is 0.945. The van der Waals surface area contributed by atoms with Gasteiger partial charge in [-0.3, -0.25) is 0 Å². The van der Waals surface area contributed by atoms with Crippen molar-refractivity contribution in [3.05, 3.63) is 0 Å². The second kappa shape index (κ2) is 16.2. The Balaban J connectivity index is 0. The molecule has 0 bridgehead atoms. The maximum atomic E-state index is 8.88. The molecule has 0 radical (unpaired) electrons. The quantitative estimate of drug-likeness (QED) is 0.381. The van der Waals surface area contributed by atoms with Crippen LogP contribution < -0.4 is 5.32 Å². The van der Waals surface area contributed by atoms with Gasteiger partial charge in [0.25, 0.3) is 0 Å². The lowest BCUT2D eigenvalue weighted by molar-refractivity contribution is 0.564. The van der Waals surface area contributed by atoms with Gasteiger partial charge in [-0.2, -0.15) is 0 Å². The molecular formula is C8H18N2O. The third-order valence-corrected chi connectivity index (χ3v) is 0.945. The molecule has 0 aliphatic carbocycles. The number of nitrogens with zero attached hydrogens (tertiary/aromatic N) is 1. The van der Waals surface area contributed by atoms with Crippen LogP contribution in [0.2, 0.25) is 0 Å². The van der Waals surface area contributed by atoms with Crippen molar-refractivity contribution < 1.29 is 4.79 Å². The van der Waals surface area contributed by atoms with Gasteiger partial charge in [0.2, 0.25) is 6.08 Å². The highest BCUT2D eigenvalue weighted by Crippen LogP contribution is 1.71. The summed E-state index contributed by atoms with van der Waals surface area (Å²) in [5.74, 6) is 0. The molecule has 0 aromatic heterocycles. The van der Waals surface area contributed by atoms with E-state index in [-0.39, 0.29) is 0 Å². The Morgan fingerprint density at radius 3 is 1.82 bits per heavy atom. The fraction of sp³-hybridized carbons (Fsp3) is 0.875. The predicted molar refractivity (Wildman–Crippen MR) is 47.5 cm³/mol. The Kier molecular flexibility index (Phi) is 19.1. The molecule has 0 rings (SSSR count). The Morgan fingerprint density at radius 1 is 1.27 bits per heavy atom. The number of hydrogen-bond donors (Lipinski definition) is 1. The van der Waals surface area contributed by atoms with Gasteiger partial charge in [0.1, 0.15) is 0 Å². The van der Waals surface area contributed by atoms with E-state index in [0.29, 0.717) is 0 Å². The first kappa shape index (κ1) is 13.0. The molecule has 0 aromatic rings. The highest BCUT2D eigenvalue weighted by Gasteiger charge is 1.76. The summed E-state index contributed by atoms with van der Waals surface area (Å²) in [4.78, 5) is 11.8. The van der Waals surface area contributed by atoms with Crippen LogP contribution in [-0.2, 0) is 4.79 Å². The van der Waals surface area contributed by atoms with Gasteiger partial charge in [0, 0.05) is 7.05 Å². The summed E-state index contributed by atoms with van der Waals surface area (Å²) >= 11 is 0. The van der Waals surface area contributed by atoms with Gasteiger partial charge in [0.15, 0.2) is 0 Å². The van der Waals surface area contributed by atoms with E-state index in [1.807, 2.05) is 0 Å².